The Labute approximate surface area is 114 Å². The molecule has 104 valence electrons. The van der Waals surface area contributed by atoms with E-state index in [-0.39, 0.29) is 17.2 Å². The van der Waals surface area contributed by atoms with Crippen LogP contribution < -0.4 is 0 Å². The molecule has 2 heterocycles. The van der Waals surface area contributed by atoms with E-state index in [1.165, 1.54) is 30.3 Å². The Morgan fingerprint density at radius 3 is 2.75 bits per heavy atom. The molecule has 0 bridgehead atoms. The van der Waals surface area contributed by atoms with Crippen LogP contribution in [0.3, 0.4) is 0 Å². The van der Waals surface area contributed by atoms with Gasteiger partial charge in [-0.05, 0) is 18.6 Å². The van der Waals surface area contributed by atoms with E-state index >= 15 is 0 Å². The van der Waals surface area contributed by atoms with Gasteiger partial charge in [-0.25, -0.2) is 24.2 Å². The Kier molecular flexibility index (Phi) is 3.74. The van der Waals surface area contributed by atoms with E-state index in [9.17, 15) is 9.59 Å². The van der Waals surface area contributed by atoms with Crippen LogP contribution in [0.15, 0.2) is 18.5 Å². The van der Waals surface area contributed by atoms with Crippen LogP contribution in [0.1, 0.15) is 33.6 Å². The van der Waals surface area contributed by atoms with Crippen molar-refractivity contribution in [3.63, 3.8) is 0 Å². The van der Waals surface area contributed by atoms with E-state index in [1.54, 1.807) is 0 Å². The van der Waals surface area contributed by atoms with Crippen LogP contribution >= 0.6 is 0 Å². The smallest absolute Gasteiger partial charge is 0.377 e. The number of nitrogens with zero attached hydrogens (tertiary/aromatic N) is 4. The Morgan fingerprint density at radius 2 is 2.15 bits per heavy atom. The number of methoxy groups -OCH3 is 1. The van der Waals surface area contributed by atoms with Gasteiger partial charge < -0.3 is 9.84 Å². The Morgan fingerprint density at radius 1 is 1.40 bits per heavy atom. The monoisotopic (exact) mass is 276 g/mol. The summed E-state index contributed by atoms with van der Waals surface area (Å²) in [4.78, 5) is 30.4. The molecule has 2 rings (SSSR count). The predicted octanol–water partition coefficient (Wildman–Crippen LogP) is 0.709. The summed E-state index contributed by atoms with van der Waals surface area (Å²) in [6, 6.07) is 2.85. The van der Waals surface area contributed by atoms with Gasteiger partial charge >= 0.3 is 11.9 Å². The second kappa shape index (κ2) is 5.47. The van der Waals surface area contributed by atoms with Crippen LogP contribution in [0.5, 0.6) is 0 Å². The van der Waals surface area contributed by atoms with E-state index in [0.29, 0.717) is 12.1 Å². The number of rotatable bonds is 4. The number of carboxylic acid groups (broad SMARTS) is 1. The van der Waals surface area contributed by atoms with Crippen molar-refractivity contribution in [2.45, 2.75) is 13.3 Å². The van der Waals surface area contributed by atoms with Crippen molar-refractivity contribution >= 4 is 11.9 Å². The van der Waals surface area contributed by atoms with Gasteiger partial charge in [0.1, 0.15) is 6.33 Å². The highest BCUT2D eigenvalue weighted by molar-refractivity contribution is 5.88. The largest absolute Gasteiger partial charge is 0.478 e. The van der Waals surface area contributed by atoms with Crippen molar-refractivity contribution in [1.29, 1.82) is 0 Å². The maximum atomic E-state index is 11.3. The molecule has 0 atom stereocenters. The molecule has 0 aliphatic rings. The minimum atomic E-state index is -1.06. The van der Waals surface area contributed by atoms with Gasteiger partial charge in [-0.3, -0.25) is 0 Å². The first kappa shape index (κ1) is 13.7. The normalized spacial score (nSPS) is 10.3. The molecule has 0 amide bonds. The summed E-state index contributed by atoms with van der Waals surface area (Å²) >= 11 is 0. The lowest BCUT2D eigenvalue weighted by Crippen LogP contribution is -2.08. The number of pyridine rings is 1. The van der Waals surface area contributed by atoms with Gasteiger partial charge in [-0.2, -0.15) is 0 Å². The number of carbonyl (C=O) groups excluding carboxylic acids is 1. The third kappa shape index (κ3) is 2.63. The second-order valence-electron chi connectivity index (χ2n) is 3.87. The summed E-state index contributed by atoms with van der Waals surface area (Å²) in [5.74, 6) is -1.57. The molecule has 2 aromatic rings. The van der Waals surface area contributed by atoms with E-state index in [4.69, 9.17) is 5.11 Å². The fourth-order valence-electron chi connectivity index (χ4n) is 1.55. The second-order valence-corrected chi connectivity index (χ2v) is 3.87. The van der Waals surface area contributed by atoms with E-state index in [1.807, 2.05) is 6.92 Å². The van der Waals surface area contributed by atoms with Crippen molar-refractivity contribution in [3.05, 3.63) is 35.5 Å². The number of ether oxygens (including phenoxy) is 1. The van der Waals surface area contributed by atoms with Gasteiger partial charge in [0.25, 0.3) is 5.82 Å². The van der Waals surface area contributed by atoms with E-state index in [0.717, 1.165) is 0 Å². The maximum absolute atomic E-state index is 11.3. The van der Waals surface area contributed by atoms with Crippen LogP contribution in [-0.4, -0.2) is 43.9 Å². The molecule has 8 nitrogen and oxygen atoms in total. The summed E-state index contributed by atoms with van der Waals surface area (Å²) in [6.45, 7) is 1.86. The number of aryl methyl sites for hydroxylation is 1. The third-order valence-electron chi connectivity index (χ3n) is 2.57. The van der Waals surface area contributed by atoms with Gasteiger partial charge in [0.15, 0.2) is 5.82 Å². The minimum absolute atomic E-state index is 0.0990. The highest BCUT2D eigenvalue weighted by Crippen LogP contribution is 2.11. The van der Waals surface area contributed by atoms with Crippen molar-refractivity contribution in [3.8, 4) is 5.82 Å². The lowest BCUT2D eigenvalue weighted by molar-refractivity contribution is 0.0586. The summed E-state index contributed by atoms with van der Waals surface area (Å²) < 4.78 is 5.73. The fraction of sp³-hybridized carbons (Fsp3) is 0.250. The number of aromatic nitrogens is 4. The van der Waals surface area contributed by atoms with Crippen molar-refractivity contribution in [1.82, 2.24) is 19.7 Å². The zero-order valence-corrected chi connectivity index (χ0v) is 10.9. The van der Waals surface area contributed by atoms with Crippen molar-refractivity contribution in [2.75, 3.05) is 7.11 Å². The Hall–Kier alpha value is -2.77. The molecule has 0 aromatic carbocycles. The Bertz CT molecular complexity index is 665. The van der Waals surface area contributed by atoms with Crippen molar-refractivity contribution in [2.24, 2.45) is 0 Å². The quantitative estimate of drug-likeness (QED) is 0.819. The molecule has 0 spiro atoms. The minimum Gasteiger partial charge on any atom is -0.478 e. The van der Waals surface area contributed by atoms with Gasteiger partial charge in [0.2, 0.25) is 0 Å². The van der Waals surface area contributed by atoms with Crippen LogP contribution in [0, 0.1) is 0 Å². The molecule has 0 aliphatic heterocycles. The van der Waals surface area contributed by atoms with Crippen LogP contribution in [0.4, 0.5) is 0 Å². The zero-order chi connectivity index (χ0) is 14.7. The molecule has 20 heavy (non-hydrogen) atoms. The average molecular weight is 276 g/mol. The summed E-state index contributed by atoms with van der Waals surface area (Å²) in [5, 5.41) is 13.0. The lowest BCUT2D eigenvalue weighted by atomic mass is 10.2. The number of aromatic carboxylic acids is 1. The van der Waals surface area contributed by atoms with Gasteiger partial charge in [0.05, 0.1) is 12.7 Å². The molecular weight excluding hydrogens is 264 g/mol. The number of hydrogen-bond donors (Lipinski definition) is 1. The highest BCUT2D eigenvalue weighted by atomic mass is 16.5. The number of hydrogen-bond acceptors (Lipinski definition) is 6. The third-order valence-corrected chi connectivity index (χ3v) is 2.57. The molecule has 0 unspecified atom stereocenters. The number of esters is 1. The predicted molar refractivity (Wildman–Crippen MR) is 66.8 cm³/mol. The summed E-state index contributed by atoms with van der Waals surface area (Å²) in [6.07, 6.45) is 1.85. The molecule has 1 N–H and O–H groups in total. The maximum Gasteiger partial charge on any atom is 0.377 e. The lowest BCUT2D eigenvalue weighted by Gasteiger charge is -2.04. The SMILES string of the molecule is CCc1cc(C(=O)O)cc(-n2cnc(C(=O)OC)n2)n1. The van der Waals surface area contributed by atoms with E-state index < -0.39 is 11.9 Å². The molecule has 0 aliphatic carbocycles. The standard InChI is InChI=1S/C12H12N4O4/c1-3-8-4-7(11(17)18)5-9(14-8)16-6-13-10(15-16)12(19)20-2/h4-6H,3H2,1-2H3,(H,17,18). The van der Waals surface area contributed by atoms with Crippen molar-refractivity contribution < 1.29 is 19.4 Å². The molecule has 0 saturated carbocycles. The van der Waals surface area contributed by atoms with E-state index in [2.05, 4.69) is 19.8 Å². The van der Waals surface area contributed by atoms with Gasteiger partial charge in [0, 0.05) is 5.69 Å². The van der Waals surface area contributed by atoms with Crippen LogP contribution in [-0.2, 0) is 11.2 Å². The molecule has 8 heteroatoms. The zero-order valence-electron chi connectivity index (χ0n) is 10.9. The molecule has 2 aromatic heterocycles. The molecule has 0 saturated heterocycles. The highest BCUT2D eigenvalue weighted by Gasteiger charge is 2.14. The topological polar surface area (TPSA) is 107 Å². The summed E-state index contributed by atoms with van der Waals surface area (Å²) in [7, 11) is 1.22. The molecule has 0 radical (unpaired) electrons. The summed E-state index contributed by atoms with van der Waals surface area (Å²) in [5.41, 5.74) is 0.706. The number of carbonyl (C=O) groups is 2. The Balaban J connectivity index is 2.46. The van der Waals surface area contributed by atoms with Crippen LogP contribution in [0.25, 0.3) is 5.82 Å². The fourth-order valence-corrected chi connectivity index (χ4v) is 1.55. The van der Waals surface area contributed by atoms with Gasteiger partial charge in [-0.1, -0.05) is 6.92 Å². The first-order valence-electron chi connectivity index (χ1n) is 5.79. The van der Waals surface area contributed by atoms with Gasteiger partial charge in [-0.15, -0.1) is 5.10 Å². The number of carboxylic acids is 1. The molecular formula is C12H12N4O4. The van der Waals surface area contributed by atoms with Crippen LogP contribution in [0.2, 0.25) is 0 Å². The first-order valence-corrected chi connectivity index (χ1v) is 5.79. The average Bonchev–Trinajstić information content (AvgIpc) is 2.95. The molecule has 0 fully saturated rings. The first-order chi connectivity index (χ1) is 9.55.